The van der Waals surface area contributed by atoms with E-state index in [1.54, 1.807) is 12.3 Å². The van der Waals surface area contributed by atoms with E-state index in [1.165, 1.54) is 11.1 Å². The molecule has 0 bridgehead atoms. The van der Waals surface area contributed by atoms with E-state index < -0.39 is 0 Å². The van der Waals surface area contributed by atoms with E-state index in [2.05, 4.69) is 28.1 Å². The van der Waals surface area contributed by atoms with Gasteiger partial charge in [0.15, 0.2) is 0 Å². The predicted octanol–water partition coefficient (Wildman–Crippen LogP) is 3.80. The number of nitrogens with zero attached hydrogens (tertiary/aromatic N) is 3. The monoisotopic (exact) mass is 375 g/mol. The average molecular weight is 376 g/mol. The zero-order chi connectivity index (χ0) is 17.4. The van der Waals surface area contributed by atoms with Crippen molar-refractivity contribution in [2.24, 2.45) is 5.92 Å². The number of halogens is 2. The number of benzene rings is 1. The van der Waals surface area contributed by atoms with E-state index in [9.17, 15) is 4.79 Å². The molecule has 0 saturated carbocycles. The summed E-state index contributed by atoms with van der Waals surface area (Å²) in [5.41, 5.74) is 2.62. The lowest BCUT2D eigenvalue weighted by Crippen LogP contribution is -2.40. The largest absolute Gasteiger partial charge is 0.355 e. The lowest BCUT2D eigenvalue weighted by molar-refractivity contribution is -0.135. The molecule has 130 valence electrons. The summed E-state index contributed by atoms with van der Waals surface area (Å²) in [5.74, 6) is 0.950. The molecule has 1 saturated heterocycles. The van der Waals surface area contributed by atoms with Crippen LogP contribution in [-0.2, 0) is 17.8 Å². The van der Waals surface area contributed by atoms with Gasteiger partial charge in [-0.25, -0.2) is 4.98 Å². The Hall–Kier alpha value is -1.78. The van der Waals surface area contributed by atoms with Gasteiger partial charge in [0, 0.05) is 32.4 Å². The lowest BCUT2D eigenvalue weighted by atomic mass is 9.98. The van der Waals surface area contributed by atoms with E-state index in [1.807, 2.05) is 11.0 Å². The van der Waals surface area contributed by atoms with Crippen molar-refractivity contribution < 1.29 is 4.79 Å². The number of aromatic nitrogens is 1. The summed E-state index contributed by atoms with van der Waals surface area (Å²) in [6.45, 7) is 2.96. The Morgan fingerprint density at radius 2 is 1.96 bits per heavy atom. The zero-order valence-corrected chi connectivity index (χ0v) is 15.3. The number of anilines is 1. The first-order chi connectivity index (χ1) is 12.1. The topological polar surface area (TPSA) is 36.4 Å². The zero-order valence-electron chi connectivity index (χ0n) is 13.8. The second-order valence-corrected chi connectivity index (χ2v) is 7.51. The van der Waals surface area contributed by atoms with Crippen molar-refractivity contribution in [1.82, 2.24) is 9.88 Å². The minimum Gasteiger partial charge on any atom is -0.355 e. The summed E-state index contributed by atoms with van der Waals surface area (Å²) in [5, 5.41) is 1.06. The van der Waals surface area contributed by atoms with Crippen LogP contribution in [-0.4, -0.2) is 35.4 Å². The molecule has 2 aromatic rings. The number of hydrogen-bond donors (Lipinski definition) is 0. The molecule has 0 spiro atoms. The fourth-order valence-corrected chi connectivity index (χ4v) is 4.24. The molecule has 2 aliphatic heterocycles. The number of carbonyl (C=O) groups is 1. The first-order valence-electron chi connectivity index (χ1n) is 8.53. The molecule has 1 aromatic carbocycles. The van der Waals surface area contributed by atoms with Crippen molar-refractivity contribution in [3.8, 4) is 0 Å². The van der Waals surface area contributed by atoms with Crippen LogP contribution in [0.25, 0.3) is 0 Å². The molecule has 6 heteroatoms. The molecule has 1 fully saturated rings. The second-order valence-electron chi connectivity index (χ2n) is 6.67. The van der Waals surface area contributed by atoms with Gasteiger partial charge >= 0.3 is 0 Å². The number of rotatable bonds is 2. The third kappa shape index (κ3) is 3.33. The predicted molar refractivity (Wildman–Crippen MR) is 100 cm³/mol. The molecule has 4 nitrogen and oxygen atoms in total. The fraction of sp³-hybridized carbons (Fsp3) is 0.368. The van der Waals surface area contributed by atoms with Crippen LogP contribution in [0.3, 0.4) is 0 Å². The van der Waals surface area contributed by atoms with Crippen LogP contribution in [0.1, 0.15) is 17.5 Å². The van der Waals surface area contributed by atoms with E-state index in [4.69, 9.17) is 23.2 Å². The van der Waals surface area contributed by atoms with Gasteiger partial charge in [-0.2, -0.15) is 0 Å². The van der Waals surface area contributed by atoms with Crippen molar-refractivity contribution in [1.29, 1.82) is 0 Å². The Kier molecular flexibility index (Phi) is 4.57. The van der Waals surface area contributed by atoms with Crippen LogP contribution < -0.4 is 4.90 Å². The summed E-state index contributed by atoms with van der Waals surface area (Å²) in [7, 11) is 0. The maximum absolute atomic E-state index is 13.0. The Morgan fingerprint density at radius 1 is 1.16 bits per heavy atom. The molecule has 0 N–H and O–H groups in total. The number of amides is 1. The van der Waals surface area contributed by atoms with E-state index in [-0.39, 0.29) is 11.8 Å². The van der Waals surface area contributed by atoms with Crippen molar-refractivity contribution in [2.45, 2.75) is 19.4 Å². The third-order valence-electron chi connectivity index (χ3n) is 5.07. The molecule has 4 rings (SSSR count). The Balaban J connectivity index is 1.44. The van der Waals surface area contributed by atoms with Gasteiger partial charge in [-0.3, -0.25) is 4.79 Å². The standard InChI is InChI=1S/C19H19Cl2N3O/c20-16-9-17(21)18(22-10-16)23-7-6-15(12-23)19(25)24-8-5-13-3-1-2-4-14(13)11-24/h1-4,9-10,15H,5-8,11-12H2. The van der Waals surface area contributed by atoms with Gasteiger partial charge in [0.25, 0.3) is 0 Å². The molecule has 1 unspecified atom stereocenters. The minimum atomic E-state index is -0.00110. The molecule has 2 aliphatic rings. The molecule has 0 radical (unpaired) electrons. The van der Waals surface area contributed by atoms with Gasteiger partial charge in [0.2, 0.25) is 5.91 Å². The van der Waals surface area contributed by atoms with Crippen LogP contribution in [0.4, 0.5) is 5.82 Å². The smallest absolute Gasteiger partial charge is 0.227 e. The summed E-state index contributed by atoms with van der Waals surface area (Å²) >= 11 is 12.2. The maximum Gasteiger partial charge on any atom is 0.227 e. The normalized spacial score (nSPS) is 19.8. The van der Waals surface area contributed by atoms with Gasteiger partial charge in [0.05, 0.1) is 16.0 Å². The van der Waals surface area contributed by atoms with Gasteiger partial charge in [-0.05, 0) is 30.0 Å². The summed E-state index contributed by atoms with van der Waals surface area (Å²) in [4.78, 5) is 21.4. The molecule has 1 amide bonds. The fourth-order valence-electron chi connectivity index (χ4n) is 3.74. The van der Waals surface area contributed by atoms with Gasteiger partial charge < -0.3 is 9.80 Å². The van der Waals surface area contributed by atoms with Crippen LogP contribution in [0.5, 0.6) is 0 Å². The number of pyridine rings is 1. The average Bonchev–Trinajstić information content (AvgIpc) is 3.10. The van der Waals surface area contributed by atoms with Crippen molar-refractivity contribution >= 4 is 34.9 Å². The molecule has 25 heavy (non-hydrogen) atoms. The SMILES string of the molecule is O=C(C1CCN(c2ncc(Cl)cc2Cl)C1)N1CCc2ccccc2C1. The molecule has 1 aromatic heterocycles. The first kappa shape index (κ1) is 16.7. The highest BCUT2D eigenvalue weighted by Gasteiger charge is 2.33. The quantitative estimate of drug-likeness (QED) is 0.800. The summed E-state index contributed by atoms with van der Waals surface area (Å²) in [6, 6.07) is 10.1. The van der Waals surface area contributed by atoms with Crippen molar-refractivity contribution in [3.63, 3.8) is 0 Å². The number of fused-ring (bicyclic) bond motifs is 1. The minimum absolute atomic E-state index is 0.00110. The Morgan fingerprint density at radius 3 is 2.76 bits per heavy atom. The molecular formula is C19H19Cl2N3O. The van der Waals surface area contributed by atoms with E-state index in [0.29, 0.717) is 29.0 Å². The van der Waals surface area contributed by atoms with Crippen LogP contribution >= 0.6 is 23.2 Å². The highest BCUT2D eigenvalue weighted by Crippen LogP contribution is 2.31. The Labute approximate surface area is 157 Å². The molecule has 0 aliphatic carbocycles. The van der Waals surface area contributed by atoms with E-state index in [0.717, 1.165) is 25.9 Å². The van der Waals surface area contributed by atoms with Crippen LogP contribution in [0.15, 0.2) is 36.5 Å². The molecule has 1 atom stereocenters. The first-order valence-corrected chi connectivity index (χ1v) is 9.29. The molecular weight excluding hydrogens is 357 g/mol. The number of hydrogen-bond acceptors (Lipinski definition) is 3. The van der Waals surface area contributed by atoms with Gasteiger partial charge in [-0.1, -0.05) is 47.5 Å². The molecule has 3 heterocycles. The van der Waals surface area contributed by atoms with Crippen LogP contribution in [0, 0.1) is 5.92 Å². The van der Waals surface area contributed by atoms with Crippen molar-refractivity contribution in [2.75, 3.05) is 24.5 Å². The summed E-state index contributed by atoms with van der Waals surface area (Å²) in [6.07, 6.45) is 3.36. The van der Waals surface area contributed by atoms with Gasteiger partial charge in [-0.15, -0.1) is 0 Å². The summed E-state index contributed by atoms with van der Waals surface area (Å²) < 4.78 is 0. The highest BCUT2D eigenvalue weighted by atomic mass is 35.5. The maximum atomic E-state index is 13.0. The Bertz CT molecular complexity index is 811. The van der Waals surface area contributed by atoms with E-state index >= 15 is 0 Å². The van der Waals surface area contributed by atoms with Gasteiger partial charge in [0.1, 0.15) is 5.82 Å². The number of carbonyl (C=O) groups excluding carboxylic acids is 1. The second kappa shape index (κ2) is 6.85. The lowest BCUT2D eigenvalue weighted by Gasteiger charge is -2.31. The third-order valence-corrected chi connectivity index (χ3v) is 5.55. The van der Waals surface area contributed by atoms with Crippen LogP contribution in [0.2, 0.25) is 10.0 Å². The van der Waals surface area contributed by atoms with Crippen molar-refractivity contribution in [3.05, 3.63) is 57.7 Å². The highest BCUT2D eigenvalue weighted by molar-refractivity contribution is 6.36.